The maximum absolute atomic E-state index is 4.39. The van der Waals surface area contributed by atoms with E-state index in [0.717, 1.165) is 10.6 Å². The van der Waals surface area contributed by atoms with E-state index in [0.29, 0.717) is 0 Å². The fourth-order valence-electron chi connectivity index (χ4n) is 1.06. The summed E-state index contributed by atoms with van der Waals surface area (Å²) in [5, 5.41) is 0.902. The molecule has 1 heterocycles. The SMILES string of the molecule is CNNc1nc2ccc(I)cc2s1. The van der Waals surface area contributed by atoms with Crippen LogP contribution < -0.4 is 10.9 Å². The highest BCUT2D eigenvalue weighted by atomic mass is 127. The Bertz CT molecular complexity index is 426. The van der Waals surface area contributed by atoms with Gasteiger partial charge in [-0.15, -0.1) is 0 Å². The summed E-state index contributed by atoms with van der Waals surface area (Å²) in [6, 6.07) is 6.23. The van der Waals surface area contributed by atoms with E-state index in [-0.39, 0.29) is 0 Å². The molecular formula is C8H8IN3S. The van der Waals surface area contributed by atoms with E-state index in [4.69, 9.17) is 0 Å². The molecule has 1 aromatic heterocycles. The van der Waals surface area contributed by atoms with Crippen LogP contribution in [0.1, 0.15) is 0 Å². The summed E-state index contributed by atoms with van der Waals surface area (Å²) in [5.74, 6) is 0. The number of hydrogen-bond donors (Lipinski definition) is 2. The van der Waals surface area contributed by atoms with E-state index in [1.54, 1.807) is 11.3 Å². The standard InChI is InChI=1S/C8H8IN3S/c1-10-12-8-11-6-3-2-5(9)4-7(6)13-8/h2-4,10H,1H3,(H,11,12). The van der Waals surface area contributed by atoms with E-state index in [1.165, 1.54) is 8.27 Å². The summed E-state index contributed by atoms with van der Waals surface area (Å²) < 4.78 is 2.45. The highest BCUT2D eigenvalue weighted by molar-refractivity contribution is 14.1. The lowest BCUT2D eigenvalue weighted by atomic mass is 10.3. The van der Waals surface area contributed by atoms with Crippen LogP contribution in [-0.2, 0) is 0 Å². The van der Waals surface area contributed by atoms with Crippen molar-refractivity contribution in [2.24, 2.45) is 0 Å². The Hall–Kier alpha value is -0.400. The Kier molecular flexibility index (Phi) is 2.66. The van der Waals surface area contributed by atoms with Gasteiger partial charge in [0.05, 0.1) is 10.2 Å². The van der Waals surface area contributed by atoms with Gasteiger partial charge in [-0.25, -0.2) is 10.4 Å². The van der Waals surface area contributed by atoms with Gasteiger partial charge in [0, 0.05) is 10.6 Å². The first kappa shape index (κ1) is 9.17. The summed E-state index contributed by atoms with van der Waals surface area (Å²) in [5.41, 5.74) is 6.87. The van der Waals surface area contributed by atoms with Crippen molar-refractivity contribution in [2.75, 3.05) is 12.5 Å². The Morgan fingerprint density at radius 2 is 2.31 bits per heavy atom. The maximum atomic E-state index is 4.39. The molecule has 0 unspecified atom stereocenters. The first-order valence-corrected chi connectivity index (χ1v) is 5.68. The number of benzene rings is 1. The molecule has 0 aliphatic carbocycles. The molecule has 2 aromatic rings. The number of halogens is 1. The Labute approximate surface area is 93.7 Å². The molecule has 2 N–H and O–H groups in total. The first-order valence-electron chi connectivity index (χ1n) is 3.78. The van der Waals surface area contributed by atoms with Gasteiger partial charge >= 0.3 is 0 Å². The smallest absolute Gasteiger partial charge is 0.198 e. The minimum Gasteiger partial charge on any atom is -0.297 e. The summed E-state index contributed by atoms with van der Waals surface area (Å²) >= 11 is 3.95. The number of hydrogen-bond acceptors (Lipinski definition) is 4. The van der Waals surface area contributed by atoms with Gasteiger partial charge in [-0.05, 0) is 40.8 Å². The Morgan fingerprint density at radius 1 is 1.46 bits per heavy atom. The molecule has 0 saturated carbocycles. The number of aromatic nitrogens is 1. The summed E-state index contributed by atoms with van der Waals surface area (Å²) in [6.07, 6.45) is 0. The molecule has 0 bridgehead atoms. The zero-order valence-corrected chi connectivity index (χ0v) is 9.94. The van der Waals surface area contributed by atoms with Crippen LogP contribution in [0.15, 0.2) is 18.2 Å². The molecular weight excluding hydrogens is 297 g/mol. The minimum absolute atomic E-state index is 0.902. The van der Waals surface area contributed by atoms with Gasteiger partial charge in [-0.1, -0.05) is 11.3 Å². The molecule has 0 radical (unpaired) electrons. The number of fused-ring (bicyclic) bond motifs is 1. The predicted molar refractivity (Wildman–Crippen MR) is 65.0 cm³/mol. The number of hydrazine groups is 1. The third kappa shape index (κ3) is 1.92. The topological polar surface area (TPSA) is 37.0 Å². The van der Waals surface area contributed by atoms with Crippen molar-refractivity contribution < 1.29 is 0 Å². The van der Waals surface area contributed by atoms with Gasteiger partial charge in [-0.3, -0.25) is 5.43 Å². The molecule has 0 aliphatic heterocycles. The fraction of sp³-hybridized carbons (Fsp3) is 0.125. The van der Waals surface area contributed by atoms with Gasteiger partial charge in [0.25, 0.3) is 0 Å². The van der Waals surface area contributed by atoms with Crippen molar-refractivity contribution in [1.82, 2.24) is 10.4 Å². The lowest BCUT2D eigenvalue weighted by Crippen LogP contribution is -2.14. The van der Waals surface area contributed by atoms with Crippen LogP contribution in [0, 0.1) is 3.57 Å². The highest BCUT2D eigenvalue weighted by Crippen LogP contribution is 2.26. The second-order valence-electron chi connectivity index (χ2n) is 2.51. The van der Waals surface area contributed by atoms with Gasteiger partial charge in [0.1, 0.15) is 0 Å². The van der Waals surface area contributed by atoms with Crippen LogP contribution in [0.25, 0.3) is 10.2 Å². The zero-order chi connectivity index (χ0) is 9.26. The zero-order valence-electron chi connectivity index (χ0n) is 6.97. The van der Waals surface area contributed by atoms with Crippen molar-refractivity contribution >= 4 is 49.3 Å². The Balaban J connectivity index is 2.49. The molecule has 1 aromatic carbocycles. The van der Waals surface area contributed by atoms with Gasteiger partial charge in [-0.2, -0.15) is 0 Å². The van der Waals surface area contributed by atoms with Crippen molar-refractivity contribution in [2.45, 2.75) is 0 Å². The molecule has 0 aliphatic rings. The molecule has 0 amide bonds. The second kappa shape index (κ2) is 3.77. The lowest BCUT2D eigenvalue weighted by Gasteiger charge is -1.94. The van der Waals surface area contributed by atoms with Crippen LogP contribution in [-0.4, -0.2) is 12.0 Å². The van der Waals surface area contributed by atoms with Crippen LogP contribution >= 0.6 is 33.9 Å². The van der Waals surface area contributed by atoms with Crippen molar-refractivity contribution in [1.29, 1.82) is 0 Å². The average Bonchev–Trinajstić information content (AvgIpc) is 2.46. The molecule has 5 heteroatoms. The quantitative estimate of drug-likeness (QED) is 0.661. The summed E-state index contributed by atoms with van der Waals surface area (Å²) in [6.45, 7) is 0. The fourth-order valence-corrected chi connectivity index (χ4v) is 2.67. The first-order chi connectivity index (χ1) is 6.29. The summed E-state index contributed by atoms with van der Waals surface area (Å²) in [7, 11) is 1.83. The average molecular weight is 305 g/mol. The molecule has 0 atom stereocenters. The molecule has 0 fully saturated rings. The maximum Gasteiger partial charge on any atom is 0.198 e. The van der Waals surface area contributed by atoms with Crippen LogP contribution in [0.2, 0.25) is 0 Å². The highest BCUT2D eigenvalue weighted by Gasteiger charge is 2.02. The largest absolute Gasteiger partial charge is 0.297 e. The van der Waals surface area contributed by atoms with Crippen LogP contribution in [0.4, 0.5) is 5.13 Å². The lowest BCUT2D eigenvalue weighted by molar-refractivity contribution is 0.980. The molecule has 0 saturated heterocycles. The van der Waals surface area contributed by atoms with Gasteiger partial charge < -0.3 is 0 Å². The number of thiazole rings is 1. The van der Waals surface area contributed by atoms with E-state index < -0.39 is 0 Å². The normalized spacial score (nSPS) is 10.6. The van der Waals surface area contributed by atoms with E-state index in [9.17, 15) is 0 Å². The van der Waals surface area contributed by atoms with Crippen molar-refractivity contribution in [3.05, 3.63) is 21.8 Å². The van der Waals surface area contributed by atoms with E-state index in [1.807, 2.05) is 13.1 Å². The number of rotatable bonds is 2. The molecule has 3 nitrogen and oxygen atoms in total. The molecule has 2 rings (SSSR count). The van der Waals surface area contributed by atoms with E-state index in [2.05, 4.69) is 50.6 Å². The minimum atomic E-state index is 0.902. The Morgan fingerprint density at radius 3 is 3.08 bits per heavy atom. The van der Waals surface area contributed by atoms with Crippen molar-refractivity contribution in [3.63, 3.8) is 0 Å². The molecule has 13 heavy (non-hydrogen) atoms. The number of anilines is 1. The molecule has 68 valence electrons. The monoisotopic (exact) mass is 305 g/mol. The summed E-state index contributed by atoms with van der Waals surface area (Å²) in [4.78, 5) is 4.39. The van der Waals surface area contributed by atoms with E-state index >= 15 is 0 Å². The predicted octanol–water partition coefficient (Wildman–Crippen LogP) is 2.45. The number of nitrogens with zero attached hydrogens (tertiary/aromatic N) is 1. The van der Waals surface area contributed by atoms with Crippen molar-refractivity contribution in [3.8, 4) is 0 Å². The second-order valence-corrected chi connectivity index (χ2v) is 4.78. The number of nitrogens with one attached hydrogen (secondary N) is 2. The van der Waals surface area contributed by atoms with Gasteiger partial charge in [0.2, 0.25) is 0 Å². The van der Waals surface area contributed by atoms with Crippen LogP contribution in [0.5, 0.6) is 0 Å². The van der Waals surface area contributed by atoms with Crippen LogP contribution in [0.3, 0.4) is 0 Å². The molecule has 0 spiro atoms. The third-order valence-corrected chi connectivity index (χ3v) is 3.19. The third-order valence-electron chi connectivity index (χ3n) is 1.58. The van der Waals surface area contributed by atoms with Gasteiger partial charge in [0.15, 0.2) is 5.13 Å².